The van der Waals surface area contributed by atoms with Crippen LogP contribution in [-0.4, -0.2) is 31.8 Å². The van der Waals surface area contributed by atoms with Crippen molar-refractivity contribution in [2.75, 3.05) is 6.54 Å². The van der Waals surface area contributed by atoms with Crippen LogP contribution >= 0.6 is 0 Å². The molecule has 1 saturated carbocycles. The third-order valence-corrected chi connectivity index (χ3v) is 5.26. The molecule has 0 heterocycles. The maximum Gasteiger partial charge on any atom is 0.215 e. The second-order valence-electron chi connectivity index (χ2n) is 7.76. The summed E-state index contributed by atoms with van der Waals surface area (Å²) in [5.74, 6) is 0. The molecule has 0 amide bonds. The topological polar surface area (TPSA) is 58.2 Å². The third kappa shape index (κ3) is 6.72. The average Bonchev–Trinajstić information content (AvgIpc) is 2.90. The van der Waals surface area contributed by atoms with Gasteiger partial charge in [-0.3, -0.25) is 0 Å². The lowest BCUT2D eigenvalue weighted by atomic mass is 9.82. The Morgan fingerprint density at radius 3 is 2.11 bits per heavy atom. The SMILES string of the molecule is CC(CNC1CC1)S(=O)(=O)NC(C)(C)CC(C)(C)C. The van der Waals surface area contributed by atoms with Crippen LogP contribution in [0.3, 0.4) is 0 Å². The Kier molecular flexibility index (Phi) is 5.08. The van der Waals surface area contributed by atoms with E-state index in [1.807, 2.05) is 13.8 Å². The van der Waals surface area contributed by atoms with Crippen LogP contribution in [0.1, 0.15) is 60.8 Å². The lowest BCUT2D eigenvalue weighted by Crippen LogP contribution is -2.50. The van der Waals surface area contributed by atoms with Gasteiger partial charge < -0.3 is 5.32 Å². The predicted molar refractivity (Wildman–Crippen MR) is 80.7 cm³/mol. The molecule has 1 fully saturated rings. The molecule has 1 aliphatic rings. The van der Waals surface area contributed by atoms with Crippen LogP contribution in [0.5, 0.6) is 0 Å². The second-order valence-corrected chi connectivity index (χ2v) is 9.86. The molecule has 2 N–H and O–H groups in total. The molecule has 0 aromatic carbocycles. The van der Waals surface area contributed by atoms with Crippen molar-refractivity contribution in [3.05, 3.63) is 0 Å². The molecule has 0 spiro atoms. The fourth-order valence-electron chi connectivity index (χ4n) is 2.58. The highest BCUT2D eigenvalue weighted by Crippen LogP contribution is 2.27. The van der Waals surface area contributed by atoms with E-state index in [1.54, 1.807) is 6.92 Å². The zero-order valence-corrected chi connectivity index (χ0v) is 14.0. The van der Waals surface area contributed by atoms with E-state index >= 15 is 0 Å². The first-order valence-electron chi connectivity index (χ1n) is 7.17. The molecular weight excluding hydrogens is 260 g/mol. The Morgan fingerprint density at radius 1 is 1.16 bits per heavy atom. The molecule has 1 rings (SSSR count). The number of rotatable bonds is 7. The molecule has 1 atom stereocenters. The largest absolute Gasteiger partial charge is 0.313 e. The van der Waals surface area contributed by atoms with Crippen LogP contribution in [0, 0.1) is 5.41 Å². The second kappa shape index (κ2) is 5.70. The molecule has 1 aliphatic carbocycles. The predicted octanol–water partition coefficient (Wildman–Crippen LogP) is 2.26. The van der Waals surface area contributed by atoms with Gasteiger partial charge in [0, 0.05) is 18.1 Å². The van der Waals surface area contributed by atoms with Crippen molar-refractivity contribution in [3.8, 4) is 0 Å². The zero-order valence-electron chi connectivity index (χ0n) is 13.2. The van der Waals surface area contributed by atoms with E-state index in [0.29, 0.717) is 12.6 Å². The molecular formula is C14H30N2O2S. The van der Waals surface area contributed by atoms with E-state index in [4.69, 9.17) is 0 Å². The van der Waals surface area contributed by atoms with E-state index in [0.717, 1.165) is 6.42 Å². The standard InChI is InChI=1S/C14H30N2O2S/c1-11(9-15-12-7-8-12)19(17,18)16-14(5,6)10-13(2,3)4/h11-12,15-16H,7-10H2,1-6H3. The van der Waals surface area contributed by atoms with Gasteiger partial charge in [-0.05, 0) is 45.4 Å². The van der Waals surface area contributed by atoms with Crippen LogP contribution in [0.25, 0.3) is 0 Å². The first-order valence-corrected chi connectivity index (χ1v) is 8.72. The highest BCUT2D eigenvalue weighted by molar-refractivity contribution is 7.90. The minimum absolute atomic E-state index is 0.0987. The Balaban J connectivity index is 2.55. The summed E-state index contributed by atoms with van der Waals surface area (Å²) in [6.45, 7) is 12.6. The minimum atomic E-state index is -3.27. The van der Waals surface area contributed by atoms with E-state index in [2.05, 4.69) is 30.8 Å². The number of hydrogen-bond acceptors (Lipinski definition) is 3. The monoisotopic (exact) mass is 290 g/mol. The summed E-state index contributed by atoms with van der Waals surface area (Å²) in [5.41, 5.74) is -0.313. The molecule has 0 aromatic heterocycles. The maximum absolute atomic E-state index is 12.3. The normalized spacial score (nSPS) is 19.5. The summed E-state index contributed by atoms with van der Waals surface area (Å²) in [7, 11) is -3.27. The molecule has 5 heteroatoms. The van der Waals surface area contributed by atoms with Crippen molar-refractivity contribution in [1.82, 2.24) is 10.0 Å². The third-order valence-electron chi connectivity index (χ3n) is 3.19. The van der Waals surface area contributed by atoms with Crippen molar-refractivity contribution in [2.45, 2.75) is 77.6 Å². The summed E-state index contributed by atoms with van der Waals surface area (Å²) in [4.78, 5) is 0. The Hall–Kier alpha value is -0.130. The molecule has 0 aliphatic heterocycles. The number of nitrogens with one attached hydrogen (secondary N) is 2. The van der Waals surface area contributed by atoms with Crippen molar-refractivity contribution in [1.29, 1.82) is 0 Å². The van der Waals surface area contributed by atoms with Gasteiger partial charge in [-0.1, -0.05) is 20.8 Å². The average molecular weight is 290 g/mol. The van der Waals surface area contributed by atoms with Gasteiger partial charge in [0.1, 0.15) is 0 Å². The quantitative estimate of drug-likeness (QED) is 0.756. The van der Waals surface area contributed by atoms with Crippen LogP contribution in [-0.2, 0) is 10.0 Å². The molecule has 19 heavy (non-hydrogen) atoms. The molecule has 1 unspecified atom stereocenters. The van der Waals surface area contributed by atoms with E-state index in [9.17, 15) is 8.42 Å². The summed E-state index contributed by atoms with van der Waals surface area (Å²) in [5, 5.41) is 2.88. The lowest BCUT2D eigenvalue weighted by Gasteiger charge is -2.34. The summed E-state index contributed by atoms with van der Waals surface area (Å²) < 4.78 is 27.5. The maximum atomic E-state index is 12.3. The fraction of sp³-hybridized carbons (Fsp3) is 1.00. The van der Waals surface area contributed by atoms with E-state index in [-0.39, 0.29) is 5.41 Å². The fourth-order valence-corrected chi connectivity index (χ4v) is 3.94. The van der Waals surface area contributed by atoms with Gasteiger partial charge in [0.05, 0.1) is 5.25 Å². The lowest BCUT2D eigenvalue weighted by molar-refractivity contribution is 0.269. The van der Waals surface area contributed by atoms with E-state index in [1.165, 1.54) is 12.8 Å². The van der Waals surface area contributed by atoms with Gasteiger partial charge in [-0.2, -0.15) is 0 Å². The first kappa shape index (κ1) is 16.9. The van der Waals surface area contributed by atoms with Gasteiger partial charge in [0.15, 0.2) is 0 Å². The van der Waals surface area contributed by atoms with Crippen molar-refractivity contribution in [3.63, 3.8) is 0 Å². The summed E-state index contributed by atoms with van der Waals surface area (Å²) >= 11 is 0. The van der Waals surface area contributed by atoms with Gasteiger partial charge in [0.25, 0.3) is 0 Å². The smallest absolute Gasteiger partial charge is 0.215 e. The summed E-state index contributed by atoms with van der Waals surface area (Å²) in [6.07, 6.45) is 3.16. The van der Waals surface area contributed by atoms with Gasteiger partial charge in [-0.25, -0.2) is 13.1 Å². The van der Waals surface area contributed by atoms with Crippen molar-refractivity contribution >= 4 is 10.0 Å². The highest BCUT2D eigenvalue weighted by atomic mass is 32.2. The Bertz CT molecular complexity index is 392. The highest BCUT2D eigenvalue weighted by Gasteiger charge is 2.33. The van der Waals surface area contributed by atoms with Crippen LogP contribution < -0.4 is 10.0 Å². The number of hydrogen-bond donors (Lipinski definition) is 2. The zero-order chi connectivity index (χ0) is 14.9. The van der Waals surface area contributed by atoms with Crippen molar-refractivity contribution < 1.29 is 8.42 Å². The Morgan fingerprint density at radius 2 is 1.68 bits per heavy atom. The molecule has 4 nitrogen and oxygen atoms in total. The van der Waals surface area contributed by atoms with Crippen LogP contribution in [0.4, 0.5) is 0 Å². The Labute approximate surface area is 118 Å². The molecule has 114 valence electrons. The molecule has 0 aromatic rings. The van der Waals surface area contributed by atoms with Gasteiger partial charge in [0.2, 0.25) is 10.0 Å². The molecule has 0 bridgehead atoms. The first-order chi connectivity index (χ1) is 8.41. The van der Waals surface area contributed by atoms with E-state index < -0.39 is 20.8 Å². The van der Waals surface area contributed by atoms with Crippen LogP contribution in [0.15, 0.2) is 0 Å². The van der Waals surface area contributed by atoms with Gasteiger partial charge in [-0.15, -0.1) is 0 Å². The van der Waals surface area contributed by atoms with Crippen molar-refractivity contribution in [2.24, 2.45) is 5.41 Å². The molecule has 0 radical (unpaired) electrons. The molecule has 0 saturated heterocycles. The number of sulfonamides is 1. The minimum Gasteiger partial charge on any atom is -0.313 e. The summed E-state index contributed by atoms with van der Waals surface area (Å²) in [6, 6.07) is 0.542. The van der Waals surface area contributed by atoms with Gasteiger partial charge >= 0.3 is 0 Å². The van der Waals surface area contributed by atoms with Crippen LogP contribution in [0.2, 0.25) is 0 Å².